The summed E-state index contributed by atoms with van der Waals surface area (Å²) in [6.45, 7) is 3.25. The zero-order valence-corrected chi connectivity index (χ0v) is 11.4. The molecule has 1 saturated carbocycles. The number of rotatable bonds is 3. The van der Waals surface area contributed by atoms with Gasteiger partial charge in [-0.2, -0.15) is 0 Å². The van der Waals surface area contributed by atoms with E-state index in [4.69, 9.17) is 11.6 Å². The molecule has 1 heterocycles. The topological polar surface area (TPSA) is 12.0 Å². The second-order valence-electron chi connectivity index (χ2n) is 4.54. The Labute approximate surface area is 107 Å². The van der Waals surface area contributed by atoms with Gasteiger partial charge in [0.25, 0.3) is 0 Å². The molecule has 1 aromatic heterocycles. The minimum atomic E-state index is 0.628. The lowest BCUT2D eigenvalue weighted by molar-refractivity contribution is 0.423. The van der Waals surface area contributed by atoms with E-state index in [0.717, 1.165) is 11.6 Å². The van der Waals surface area contributed by atoms with Crippen molar-refractivity contribution in [2.24, 2.45) is 0 Å². The van der Waals surface area contributed by atoms with Crippen LogP contribution in [0.4, 0.5) is 0 Å². The van der Waals surface area contributed by atoms with Gasteiger partial charge in [0.15, 0.2) is 0 Å². The van der Waals surface area contributed by atoms with Crippen molar-refractivity contribution in [3.8, 4) is 0 Å². The van der Waals surface area contributed by atoms with E-state index in [1.165, 1.54) is 37.0 Å². The molecule has 2 unspecified atom stereocenters. The Morgan fingerprint density at radius 3 is 2.88 bits per heavy atom. The van der Waals surface area contributed by atoms with Crippen LogP contribution in [0.5, 0.6) is 0 Å². The van der Waals surface area contributed by atoms with E-state index >= 15 is 0 Å². The zero-order valence-electron chi connectivity index (χ0n) is 9.84. The van der Waals surface area contributed by atoms with Crippen LogP contribution in [-0.4, -0.2) is 12.6 Å². The van der Waals surface area contributed by atoms with Crippen molar-refractivity contribution in [3.63, 3.8) is 0 Å². The van der Waals surface area contributed by atoms with Crippen LogP contribution in [0, 0.1) is 0 Å². The molecule has 1 N–H and O–H groups in total. The Bertz CT molecular complexity index is 323. The smallest absolute Gasteiger partial charge is 0.0548 e. The molecule has 0 amide bonds. The quantitative estimate of drug-likeness (QED) is 0.790. The molecule has 16 heavy (non-hydrogen) atoms. The summed E-state index contributed by atoms with van der Waals surface area (Å²) in [4.78, 5) is 1.40. The third kappa shape index (κ3) is 2.79. The first-order chi connectivity index (χ1) is 7.83. The fourth-order valence-electron chi connectivity index (χ4n) is 2.70. The summed E-state index contributed by atoms with van der Waals surface area (Å²) < 4.78 is 0. The van der Waals surface area contributed by atoms with Crippen molar-refractivity contribution in [2.75, 3.05) is 6.54 Å². The van der Waals surface area contributed by atoms with Gasteiger partial charge in [-0.25, -0.2) is 0 Å². The van der Waals surface area contributed by atoms with E-state index in [9.17, 15) is 0 Å². The van der Waals surface area contributed by atoms with Crippen molar-refractivity contribution < 1.29 is 0 Å². The summed E-state index contributed by atoms with van der Waals surface area (Å²) in [7, 11) is 0. The highest BCUT2D eigenvalue weighted by molar-refractivity contribution is 7.10. The summed E-state index contributed by atoms with van der Waals surface area (Å²) >= 11 is 8.10. The Morgan fingerprint density at radius 1 is 1.38 bits per heavy atom. The molecule has 3 heteroatoms. The number of nitrogens with one attached hydrogen (secondary N) is 1. The largest absolute Gasteiger partial charge is 0.314 e. The summed E-state index contributed by atoms with van der Waals surface area (Å²) in [5.74, 6) is 0.634. The van der Waals surface area contributed by atoms with E-state index in [1.54, 1.807) is 0 Å². The molecule has 0 aromatic carbocycles. The van der Waals surface area contributed by atoms with Gasteiger partial charge in [0, 0.05) is 16.8 Å². The molecule has 1 nitrogen and oxygen atoms in total. The molecule has 1 aromatic rings. The van der Waals surface area contributed by atoms with Crippen LogP contribution in [0.2, 0.25) is 5.02 Å². The van der Waals surface area contributed by atoms with E-state index in [0.29, 0.717) is 12.0 Å². The van der Waals surface area contributed by atoms with Crippen LogP contribution in [0.25, 0.3) is 0 Å². The van der Waals surface area contributed by atoms with Crippen LogP contribution < -0.4 is 5.32 Å². The van der Waals surface area contributed by atoms with Gasteiger partial charge in [0.05, 0.1) is 5.02 Å². The fourth-order valence-corrected chi connectivity index (χ4v) is 4.10. The van der Waals surface area contributed by atoms with Crippen LogP contribution in [-0.2, 0) is 0 Å². The number of likely N-dealkylation sites (N-methyl/N-ethyl adjacent to an activating group) is 1. The minimum absolute atomic E-state index is 0.628. The lowest BCUT2D eigenvalue weighted by Crippen LogP contribution is -2.33. The fraction of sp³-hybridized carbons (Fsp3) is 0.692. The van der Waals surface area contributed by atoms with Gasteiger partial charge in [-0.3, -0.25) is 0 Å². The molecule has 2 rings (SSSR count). The normalized spacial score (nSPS) is 26.6. The van der Waals surface area contributed by atoms with Gasteiger partial charge in [-0.05, 0) is 30.8 Å². The Kier molecular flexibility index (Phi) is 4.68. The first kappa shape index (κ1) is 12.4. The summed E-state index contributed by atoms with van der Waals surface area (Å²) in [5.41, 5.74) is 0. The Balaban J connectivity index is 2.17. The van der Waals surface area contributed by atoms with Crippen molar-refractivity contribution >= 4 is 22.9 Å². The van der Waals surface area contributed by atoms with Gasteiger partial charge in [0.2, 0.25) is 0 Å². The minimum Gasteiger partial charge on any atom is -0.314 e. The standard InChI is InChI=1S/C13H20ClNS/c1-2-15-12-7-5-3-4-6-10(12)13-11(14)8-9-16-13/h8-10,12,15H,2-7H2,1H3. The second kappa shape index (κ2) is 6.04. The number of hydrogen-bond donors (Lipinski definition) is 1. The predicted octanol–water partition coefficient (Wildman–Crippen LogP) is 4.43. The van der Waals surface area contributed by atoms with Crippen LogP contribution in [0.1, 0.15) is 49.8 Å². The van der Waals surface area contributed by atoms with Crippen molar-refractivity contribution in [1.82, 2.24) is 5.32 Å². The first-order valence-electron chi connectivity index (χ1n) is 6.29. The third-order valence-electron chi connectivity index (χ3n) is 3.46. The Hall–Kier alpha value is -0.0500. The molecule has 0 saturated heterocycles. The molecular formula is C13H20ClNS. The molecular weight excluding hydrogens is 238 g/mol. The van der Waals surface area contributed by atoms with E-state index in [1.807, 2.05) is 17.4 Å². The lowest BCUT2D eigenvalue weighted by Gasteiger charge is -2.25. The van der Waals surface area contributed by atoms with Gasteiger partial charge in [0.1, 0.15) is 0 Å². The maximum Gasteiger partial charge on any atom is 0.0548 e. The summed E-state index contributed by atoms with van der Waals surface area (Å²) in [6, 6.07) is 2.67. The molecule has 1 aliphatic carbocycles. The highest BCUT2D eigenvalue weighted by Crippen LogP contribution is 2.38. The SMILES string of the molecule is CCNC1CCCCCC1c1sccc1Cl. The molecule has 90 valence electrons. The molecule has 1 aliphatic rings. The van der Waals surface area contributed by atoms with Gasteiger partial charge in [-0.15, -0.1) is 11.3 Å². The number of thiophene rings is 1. The zero-order chi connectivity index (χ0) is 11.4. The maximum atomic E-state index is 6.27. The highest BCUT2D eigenvalue weighted by atomic mass is 35.5. The van der Waals surface area contributed by atoms with Gasteiger partial charge < -0.3 is 5.32 Å². The van der Waals surface area contributed by atoms with E-state index in [2.05, 4.69) is 17.6 Å². The lowest BCUT2D eigenvalue weighted by atomic mass is 9.93. The van der Waals surface area contributed by atoms with Crippen molar-refractivity contribution in [1.29, 1.82) is 0 Å². The van der Waals surface area contributed by atoms with E-state index < -0.39 is 0 Å². The van der Waals surface area contributed by atoms with Crippen molar-refractivity contribution in [3.05, 3.63) is 21.3 Å². The second-order valence-corrected chi connectivity index (χ2v) is 5.90. The summed E-state index contributed by atoms with van der Waals surface area (Å²) in [6.07, 6.45) is 6.67. The van der Waals surface area contributed by atoms with Crippen molar-refractivity contribution in [2.45, 2.75) is 51.0 Å². The molecule has 0 aliphatic heterocycles. The summed E-state index contributed by atoms with van der Waals surface area (Å²) in [5, 5.41) is 6.73. The third-order valence-corrected chi connectivity index (χ3v) is 4.95. The Morgan fingerprint density at radius 2 is 2.19 bits per heavy atom. The molecule has 1 fully saturated rings. The van der Waals surface area contributed by atoms with Gasteiger partial charge in [-0.1, -0.05) is 37.8 Å². The molecule has 2 atom stereocenters. The maximum absolute atomic E-state index is 6.27. The first-order valence-corrected chi connectivity index (χ1v) is 7.55. The predicted molar refractivity (Wildman–Crippen MR) is 72.6 cm³/mol. The average molecular weight is 258 g/mol. The van der Waals surface area contributed by atoms with Gasteiger partial charge >= 0.3 is 0 Å². The molecule has 0 spiro atoms. The number of hydrogen-bond acceptors (Lipinski definition) is 2. The average Bonchev–Trinajstić information content (AvgIpc) is 2.56. The van der Waals surface area contributed by atoms with Crippen LogP contribution in [0.15, 0.2) is 11.4 Å². The monoisotopic (exact) mass is 257 g/mol. The number of halogens is 1. The van der Waals surface area contributed by atoms with Crippen LogP contribution >= 0.6 is 22.9 Å². The highest BCUT2D eigenvalue weighted by Gasteiger charge is 2.26. The molecule has 0 bridgehead atoms. The molecule has 0 radical (unpaired) electrons. The van der Waals surface area contributed by atoms with E-state index in [-0.39, 0.29) is 0 Å². The van der Waals surface area contributed by atoms with Crippen LogP contribution in [0.3, 0.4) is 0 Å².